The summed E-state index contributed by atoms with van der Waals surface area (Å²) < 4.78 is 31.3. The minimum Gasteiger partial charge on any atom is -0.495 e. The topological polar surface area (TPSA) is 174 Å². The molecule has 1 aliphatic rings. The molecule has 0 saturated carbocycles. The van der Waals surface area contributed by atoms with Crippen molar-refractivity contribution in [1.29, 1.82) is 0 Å². The lowest BCUT2D eigenvalue weighted by atomic mass is 10.1. The van der Waals surface area contributed by atoms with E-state index in [4.69, 9.17) is 10.5 Å². The molecule has 14 heteroatoms. The van der Waals surface area contributed by atoms with Crippen molar-refractivity contribution >= 4 is 44.8 Å². The van der Waals surface area contributed by atoms with Crippen molar-refractivity contribution in [2.75, 3.05) is 37.1 Å². The molecule has 1 atom stereocenters. The maximum atomic E-state index is 12.1. The first-order valence-electron chi connectivity index (χ1n) is 12.0. The van der Waals surface area contributed by atoms with Crippen molar-refractivity contribution in [3.63, 3.8) is 0 Å². The molecule has 4 rings (SSSR count). The third-order valence-electron chi connectivity index (χ3n) is 6.33. The Labute approximate surface area is 226 Å². The Morgan fingerprint density at radius 3 is 2.69 bits per heavy atom. The van der Waals surface area contributed by atoms with Crippen molar-refractivity contribution in [3.8, 4) is 5.75 Å². The average molecular weight is 555 g/mol. The van der Waals surface area contributed by atoms with E-state index in [-0.39, 0.29) is 39.9 Å². The standard InChI is InChI=1S/C25H30N8O5S/c1-5-21(34)32-8-6-7-17(14-32)33-13-16(11-28-33)29-25-27-12-19(23(26)35)24(31-25)30-22-15(2)9-18(39(4,36)37)10-20(22)38-3/h5,9-13,17H,1,6-8,14H2,2-4H3,(H2,26,35)(H2,27,29,30,31)/t17-/m1/s1. The first kappa shape index (κ1) is 27.6. The number of hydrogen-bond acceptors (Lipinski definition) is 10. The molecule has 2 amide bonds. The van der Waals surface area contributed by atoms with Gasteiger partial charge in [-0.2, -0.15) is 10.1 Å². The number of aryl methyl sites for hydroxylation is 1. The van der Waals surface area contributed by atoms with Crippen LogP contribution in [0.4, 0.5) is 23.1 Å². The Kier molecular flexibility index (Phi) is 7.85. The maximum Gasteiger partial charge on any atom is 0.254 e. The molecule has 2 aromatic heterocycles. The van der Waals surface area contributed by atoms with E-state index in [0.717, 1.165) is 19.1 Å². The van der Waals surface area contributed by atoms with Gasteiger partial charge < -0.3 is 26.0 Å². The van der Waals surface area contributed by atoms with Crippen molar-refractivity contribution in [3.05, 3.63) is 54.5 Å². The van der Waals surface area contributed by atoms with Crippen molar-refractivity contribution < 1.29 is 22.7 Å². The molecular weight excluding hydrogens is 524 g/mol. The van der Waals surface area contributed by atoms with E-state index in [2.05, 4.69) is 32.3 Å². The lowest BCUT2D eigenvalue weighted by molar-refractivity contribution is -0.127. The van der Waals surface area contributed by atoms with Gasteiger partial charge >= 0.3 is 0 Å². The number of piperidine rings is 1. The number of nitrogens with zero attached hydrogens (tertiary/aromatic N) is 5. The van der Waals surface area contributed by atoms with Crippen molar-refractivity contribution in [2.45, 2.75) is 30.7 Å². The normalized spacial score (nSPS) is 15.5. The Bertz CT molecular complexity index is 1540. The molecule has 0 unspecified atom stereocenters. The minimum absolute atomic E-state index is 0.0129. The summed E-state index contributed by atoms with van der Waals surface area (Å²) in [6.45, 7) is 6.48. The monoisotopic (exact) mass is 554 g/mol. The fourth-order valence-corrected chi connectivity index (χ4v) is 5.04. The lowest BCUT2D eigenvalue weighted by Gasteiger charge is -2.32. The number of nitrogens with two attached hydrogens (primary N) is 1. The molecule has 1 fully saturated rings. The van der Waals surface area contributed by atoms with Gasteiger partial charge in [-0.15, -0.1) is 0 Å². The molecule has 1 aromatic carbocycles. The maximum absolute atomic E-state index is 12.1. The Balaban J connectivity index is 1.59. The van der Waals surface area contributed by atoms with Gasteiger partial charge in [-0.3, -0.25) is 14.3 Å². The van der Waals surface area contributed by atoms with E-state index in [1.54, 1.807) is 28.9 Å². The number of anilines is 4. The molecular formula is C25H30N8O5S. The summed E-state index contributed by atoms with van der Waals surface area (Å²) in [5.74, 6) is -0.342. The molecule has 3 aromatic rings. The van der Waals surface area contributed by atoms with E-state index < -0.39 is 15.7 Å². The van der Waals surface area contributed by atoms with Gasteiger partial charge in [0.05, 0.1) is 35.6 Å². The quantitative estimate of drug-likeness (QED) is 0.333. The number of methoxy groups -OCH3 is 1. The van der Waals surface area contributed by atoms with Crippen LogP contribution in [0.1, 0.15) is 34.8 Å². The summed E-state index contributed by atoms with van der Waals surface area (Å²) >= 11 is 0. The average Bonchev–Trinajstić information content (AvgIpc) is 3.37. The zero-order valence-corrected chi connectivity index (χ0v) is 22.7. The van der Waals surface area contributed by atoms with Gasteiger partial charge in [0, 0.05) is 37.8 Å². The summed E-state index contributed by atoms with van der Waals surface area (Å²) in [6, 6.07) is 2.89. The van der Waals surface area contributed by atoms with Gasteiger partial charge in [0.1, 0.15) is 17.1 Å². The largest absolute Gasteiger partial charge is 0.495 e. The molecule has 0 aliphatic carbocycles. The highest BCUT2D eigenvalue weighted by Gasteiger charge is 2.24. The van der Waals surface area contributed by atoms with Crippen LogP contribution in [-0.4, -0.2) is 71.3 Å². The number of amides is 2. The number of hydrogen-bond donors (Lipinski definition) is 3. The number of likely N-dealkylation sites (tertiary alicyclic amines) is 1. The van der Waals surface area contributed by atoms with Crippen LogP contribution in [-0.2, 0) is 14.6 Å². The summed E-state index contributed by atoms with van der Waals surface area (Å²) in [5.41, 5.74) is 7.15. The van der Waals surface area contributed by atoms with Crippen LogP contribution in [0.15, 0.2) is 48.3 Å². The fourth-order valence-electron chi connectivity index (χ4n) is 4.33. The van der Waals surface area contributed by atoms with E-state index >= 15 is 0 Å². The number of primary amides is 1. The van der Waals surface area contributed by atoms with E-state index in [9.17, 15) is 18.0 Å². The number of carbonyl (C=O) groups is 2. The van der Waals surface area contributed by atoms with Gasteiger partial charge in [0.2, 0.25) is 11.9 Å². The number of carbonyl (C=O) groups excluding carboxylic acids is 2. The number of sulfone groups is 1. The van der Waals surface area contributed by atoms with Gasteiger partial charge in [0.15, 0.2) is 9.84 Å². The number of nitrogens with one attached hydrogen (secondary N) is 2. The zero-order chi connectivity index (χ0) is 28.3. The first-order valence-corrected chi connectivity index (χ1v) is 13.9. The van der Waals surface area contributed by atoms with Crippen LogP contribution in [0.25, 0.3) is 0 Å². The minimum atomic E-state index is -3.47. The molecule has 0 radical (unpaired) electrons. The van der Waals surface area contributed by atoms with Gasteiger partial charge in [-0.25, -0.2) is 13.4 Å². The van der Waals surface area contributed by atoms with Crippen molar-refractivity contribution in [2.24, 2.45) is 5.73 Å². The van der Waals surface area contributed by atoms with Gasteiger partial charge in [-0.05, 0) is 37.5 Å². The second kappa shape index (κ2) is 11.1. The van der Waals surface area contributed by atoms with Crippen molar-refractivity contribution in [1.82, 2.24) is 24.6 Å². The predicted molar refractivity (Wildman–Crippen MR) is 145 cm³/mol. The summed E-state index contributed by atoms with van der Waals surface area (Å²) in [6.07, 6.45) is 8.85. The third-order valence-corrected chi connectivity index (χ3v) is 7.43. The Morgan fingerprint density at radius 1 is 1.26 bits per heavy atom. The number of rotatable bonds is 9. The molecule has 3 heterocycles. The number of benzene rings is 1. The molecule has 1 saturated heterocycles. The van der Waals surface area contributed by atoms with Crippen LogP contribution in [0, 0.1) is 6.92 Å². The molecule has 1 aliphatic heterocycles. The third kappa shape index (κ3) is 6.17. The van der Waals surface area contributed by atoms with Crippen LogP contribution in [0.2, 0.25) is 0 Å². The summed E-state index contributed by atoms with van der Waals surface area (Å²) in [4.78, 5) is 34.6. The first-order chi connectivity index (χ1) is 18.5. The molecule has 0 bridgehead atoms. The zero-order valence-electron chi connectivity index (χ0n) is 21.8. The number of ether oxygens (including phenoxy) is 1. The molecule has 0 spiro atoms. The predicted octanol–water partition coefficient (Wildman–Crippen LogP) is 2.33. The molecule has 4 N–H and O–H groups in total. The van der Waals surface area contributed by atoms with Crippen LogP contribution in [0.3, 0.4) is 0 Å². The fraction of sp³-hybridized carbons (Fsp3) is 0.320. The number of aromatic nitrogens is 4. The highest BCUT2D eigenvalue weighted by molar-refractivity contribution is 7.90. The second-order valence-electron chi connectivity index (χ2n) is 9.15. The second-order valence-corrected chi connectivity index (χ2v) is 11.2. The van der Waals surface area contributed by atoms with Gasteiger partial charge in [-0.1, -0.05) is 6.58 Å². The lowest BCUT2D eigenvalue weighted by Crippen LogP contribution is -2.39. The molecule has 206 valence electrons. The Hall–Kier alpha value is -4.46. The molecule has 13 nitrogen and oxygen atoms in total. The van der Waals surface area contributed by atoms with E-state index in [1.165, 1.54) is 31.5 Å². The van der Waals surface area contributed by atoms with Gasteiger partial charge in [0.25, 0.3) is 5.91 Å². The van der Waals surface area contributed by atoms with E-state index in [1.807, 2.05) is 0 Å². The Morgan fingerprint density at radius 2 is 2.03 bits per heavy atom. The van der Waals surface area contributed by atoms with Crippen LogP contribution < -0.4 is 21.1 Å². The smallest absolute Gasteiger partial charge is 0.254 e. The SMILES string of the molecule is C=CC(=O)N1CCC[C@@H](n2cc(Nc3ncc(C(N)=O)c(Nc4c(C)cc(S(C)(=O)=O)cc4OC)n3)cn2)C1. The van der Waals surface area contributed by atoms with Crippen LogP contribution >= 0.6 is 0 Å². The highest BCUT2D eigenvalue weighted by atomic mass is 32.2. The van der Waals surface area contributed by atoms with Crippen LogP contribution in [0.5, 0.6) is 5.75 Å². The summed E-state index contributed by atoms with van der Waals surface area (Å²) in [5, 5.41) is 10.5. The molecule has 39 heavy (non-hydrogen) atoms. The highest BCUT2D eigenvalue weighted by Crippen LogP contribution is 2.34. The summed E-state index contributed by atoms with van der Waals surface area (Å²) in [7, 11) is -2.07. The van der Waals surface area contributed by atoms with E-state index in [0.29, 0.717) is 30.0 Å².